The van der Waals surface area contributed by atoms with E-state index in [0.29, 0.717) is 5.92 Å². The lowest BCUT2D eigenvalue weighted by Crippen LogP contribution is -2.06. The summed E-state index contributed by atoms with van der Waals surface area (Å²) in [5.74, 6) is 1.33. The van der Waals surface area contributed by atoms with Crippen LogP contribution >= 0.6 is 0 Å². The highest BCUT2D eigenvalue weighted by Crippen LogP contribution is 2.31. The van der Waals surface area contributed by atoms with Gasteiger partial charge >= 0.3 is 0 Å². The molecule has 2 heteroatoms. The molecule has 17 heavy (non-hydrogen) atoms. The van der Waals surface area contributed by atoms with E-state index < -0.39 is 6.10 Å². The van der Waals surface area contributed by atoms with Crippen LogP contribution in [0.3, 0.4) is 0 Å². The molecule has 1 rings (SSSR count). The lowest BCUT2D eigenvalue weighted by atomic mass is 9.94. The van der Waals surface area contributed by atoms with E-state index in [4.69, 9.17) is 4.74 Å². The van der Waals surface area contributed by atoms with Crippen LogP contribution in [-0.2, 0) is 0 Å². The molecule has 2 unspecified atom stereocenters. The summed E-state index contributed by atoms with van der Waals surface area (Å²) < 4.78 is 5.30. The highest BCUT2D eigenvalue weighted by molar-refractivity contribution is 5.38. The summed E-state index contributed by atoms with van der Waals surface area (Å²) in [6.45, 7) is 6.40. The summed E-state index contributed by atoms with van der Waals surface area (Å²) in [5.41, 5.74) is 2.07. The molecule has 0 aromatic heterocycles. The predicted molar refractivity (Wildman–Crippen MR) is 71.4 cm³/mol. The maximum absolute atomic E-state index is 10.3. The summed E-state index contributed by atoms with van der Waals surface area (Å²) in [6.07, 6.45) is 2.70. The van der Waals surface area contributed by atoms with Crippen molar-refractivity contribution in [3.8, 4) is 5.75 Å². The quantitative estimate of drug-likeness (QED) is 0.812. The van der Waals surface area contributed by atoms with E-state index in [1.807, 2.05) is 25.1 Å². The monoisotopic (exact) mass is 236 g/mol. The molecule has 2 nitrogen and oxygen atoms in total. The standard InChI is InChI=1S/C15H24O2/c1-5-6-11(2)10-14(16)13-9-12(3)7-8-15(13)17-4/h7-9,11,14,16H,5-6,10H2,1-4H3. The van der Waals surface area contributed by atoms with E-state index in [9.17, 15) is 5.11 Å². The third kappa shape index (κ3) is 4.04. The summed E-state index contributed by atoms with van der Waals surface area (Å²) in [5, 5.41) is 10.3. The van der Waals surface area contributed by atoms with Crippen LogP contribution in [0, 0.1) is 12.8 Å². The number of hydrogen-bond acceptors (Lipinski definition) is 2. The molecule has 1 N–H and O–H groups in total. The average Bonchev–Trinajstić information content (AvgIpc) is 2.29. The van der Waals surface area contributed by atoms with E-state index in [1.165, 1.54) is 6.42 Å². The topological polar surface area (TPSA) is 29.5 Å². The Hall–Kier alpha value is -1.02. The van der Waals surface area contributed by atoms with Crippen molar-refractivity contribution in [3.05, 3.63) is 29.3 Å². The van der Waals surface area contributed by atoms with Gasteiger partial charge in [0.25, 0.3) is 0 Å². The van der Waals surface area contributed by atoms with Crippen molar-refractivity contribution in [3.63, 3.8) is 0 Å². The minimum atomic E-state index is -0.425. The molecule has 0 heterocycles. The zero-order chi connectivity index (χ0) is 12.8. The zero-order valence-electron chi connectivity index (χ0n) is 11.4. The SMILES string of the molecule is CCCC(C)CC(O)c1cc(C)ccc1OC. The Balaban J connectivity index is 2.79. The number of ether oxygens (including phenoxy) is 1. The molecule has 0 saturated heterocycles. The number of aliphatic hydroxyl groups excluding tert-OH is 1. The second-order valence-corrected chi connectivity index (χ2v) is 4.89. The number of aliphatic hydroxyl groups is 1. The van der Waals surface area contributed by atoms with Gasteiger partial charge in [0, 0.05) is 5.56 Å². The predicted octanol–water partition coefficient (Wildman–Crippen LogP) is 3.86. The van der Waals surface area contributed by atoms with E-state index >= 15 is 0 Å². The van der Waals surface area contributed by atoms with Gasteiger partial charge in [0.05, 0.1) is 13.2 Å². The number of rotatable bonds is 6. The molecule has 1 aromatic rings. The number of methoxy groups -OCH3 is 1. The normalized spacial score (nSPS) is 14.4. The van der Waals surface area contributed by atoms with Crippen LogP contribution in [-0.4, -0.2) is 12.2 Å². The van der Waals surface area contributed by atoms with Crippen LogP contribution in [0.25, 0.3) is 0 Å². The van der Waals surface area contributed by atoms with Crippen LogP contribution in [0.2, 0.25) is 0 Å². The number of benzene rings is 1. The van der Waals surface area contributed by atoms with E-state index in [2.05, 4.69) is 13.8 Å². The lowest BCUT2D eigenvalue weighted by molar-refractivity contribution is 0.141. The van der Waals surface area contributed by atoms with Crippen molar-refractivity contribution in [1.82, 2.24) is 0 Å². The highest BCUT2D eigenvalue weighted by atomic mass is 16.5. The highest BCUT2D eigenvalue weighted by Gasteiger charge is 2.16. The van der Waals surface area contributed by atoms with Gasteiger partial charge in [-0.25, -0.2) is 0 Å². The van der Waals surface area contributed by atoms with Crippen molar-refractivity contribution in [2.45, 2.75) is 46.1 Å². The smallest absolute Gasteiger partial charge is 0.124 e. The summed E-state index contributed by atoms with van der Waals surface area (Å²) in [6, 6.07) is 5.95. The molecular formula is C15H24O2. The fourth-order valence-electron chi connectivity index (χ4n) is 2.23. The minimum absolute atomic E-state index is 0.425. The third-order valence-electron chi connectivity index (χ3n) is 3.15. The first-order valence-electron chi connectivity index (χ1n) is 6.41. The van der Waals surface area contributed by atoms with Crippen molar-refractivity contribution in [2.75, 3.05) is 7.11 Å². The summed E-state index contributed by atoms with van der Waals surface area (Å²) >= 11 is 0. The van der Waals surface area contributed by atoms with Gasteiger partial charge in [0.2, 0.25) is 0 Å². The molecule has 0 aliphatic carbocycles. The Morgan fingerprint density at radius 2 is 2.06 bits per heavy atom. The molecule has 0 spiro atoms. The van der Waals surface area contributed by atoms with Crippen LogP contribution in [0.15, 0.2) is 18.2 Å². The molecular weight excluding hydrogens is 212 g/mol. The molecule has 0 aliphatic heterocycles. The average molecular weight is 236 g/mol. The molecule has 0 bridgehead atoms. The Kier molecular flexibility index (Phi) is 5.49. The van der Waals surface area contributed by atoms with Crippen LogP contribution in [0.5, 0.6) is 5.75 Å². The van der Waals surface area contributed by atoms with Crippen LogP contribution in [0.1, 0.15) is 50.3 Å². The number of aryl methyl sites for hydroxylation is 1. The molecule has 0 fully saturated rings. The van der Waals surface area contributed by atoms with Crippen molar-refractivity contribution in [1.29, 1.82) is 0 Å². The molecule has 0 radical (unpaired) electrons. The van der Waals surface area contributed by atoms with Gasteiger partial charge < -0.3 is 9.84 Å². The Labute approximate surface area is 105 Å². The van der Waals surface area contributed by atoms with Gasteiger partial charge in [-0.3, -0.25) is 0 Å². The first kappa shape index (κ1) is 14.0. The summed E-state index contributed by atoms with van der Waals surface area (Å²) in [7, 11) is 1.65. The molecule has 0 saturated carbocycles. The van der Waals surface area contributed by atoms with Gasteiger partial charge in [-0.15, -0.1) is 0 Å². The van der Waals surface area contributed by atoms with Gasteiger partial charge in [-0.1, -0.05) is 38.3 Å². The van der Waals surface area contributed by atoms with Gasteiger partial charge in [0.1, 0.15) is 5.75 Å². The zero-order valence-corrected chi connectivity index (χ0v) is 11.4. The third-order valence-corrected chi connectivity index (χ3v) is 3.15. The largest absolute Gasteiger partial charge is 0.496 e. The molecule has 96 valence electrons. The second-order valence-electron chi connectivity index (χ2n) is 4.89. The van der Waals surface area contributed by atoms with E-state index in [-0.39, 0.29) is 0 Å². The van der Waals surface area contributed by atoms with Crippen LogP contribution in [0.4, 0.5) is 0 Å². The van der Waals surface area contributed by atoms with E-state index in [1.54, 1.807) is 7.11 Å². The van der Waals surface area contributed by atoms with Crippen LogP contribution < -0.4 is 4.74 Å². The second kappa shape index (κ2) is 6.65. The number of hydrogen-bond donors (Lipinski definition) is 1. The molecule has 2 atom stereocenters. The maximum atomic E-state index is 10.3. The van der Waals surface area contributed by atoms with Gasteiger partial charge in [0.15, 0.2) is 0 Å². The Morgan fingerprint density at radius 3 is 2.65 bits per heavy atom. The van der Waals surface area contributed by atoms with Crippen molar-refractivity contribution in [2.24, 2.45) is 5.92 Å². The molecule has 0 aliphatic rings. The molecule has 1 aromatic carbocycles. The van der Waals surface area contributed by atoms with E-state index in [0.717, 1.165) is 29.7 Å². The Bertz CT molecular complexity index is 347. The van der Waals surface area contributed by atoms with Crippen molar-refractivity contribution >= 4 is 0 Å². The first-order valence-corrected chi connectivity index (χ1v) is 6.41. The Morgan fingerprint density at radius 1 is 1.35 bits per heavy atom. The molecule has 0 amide bonds. The van der Waals surface area contributed by atoms with Gasteiger partial charge in [-0.05, 0) is 31.4 Å². The lowest BCUT2D eigenvalue weighted by Gasteiger charge is -2.19. The fourth-order valence-corrected chi connectivity index (χ4v) is 2.23. The summed E-state index contributed by atoms with van der Waals surface area (Å²) in [4.78, 5) is 0. The maximum Gasteiger partial charge on any atom is 0.124 e. The van der Waals surface area contributed by atoms with Gasteiger partial charge in [-0.2, -0.15) is 0 Å². The fraction of sp³-hybridized carbons (Fsp3) is 0.600. The van der Waals surface area contributed by atoms with Crippen molar-refractivity contribution < 1.29 is 9.84 Å². The minimum Gasteiger partial charge on any atom is -0.496 e. The first-order chi connectivity index (χ1) is 8.08.